The van der Waals surface area contributed by atoms with E-state index in [1.807, 2.05) is 12.1 Å². The van der Waals surface area contributed by atoms with Crippen molar-refractivity contribution < 1.29 is 22.8 Å². The van der Waals surface area contributed by atoms with E-state index < -0.39 is 16.0 Å². The van der Waals surface area contributed by atoms with Crippen LogP contribution in [0.2, 0.25) is 0 Å². The van der Waals surface area contributed by atoms with Gasteiger partial charge in [0.2, 0.25) is 21.7 Å². The molecule has 9 nitrogen and oxygen atoms in total. The number of hydrogen-bond donors (Lipinski definition) is 2. The van der Waals surface area contributed by atoms with Crippen LogP contribution in [-0.2, 0) is 27.7 Å². The van der Waals surface area contributed by atoms with Gasteiger partial charge in [-0.25, -0.2) is 13.1 Å². The molecule has 0 aliphatic carbocycles. The molecule has 2 N–H and O–H groups in total. The summed E-state index contributed by atoms with van der Waals surface area (Å²) in [5.74, 6) is -0.307. The summed E-state index contributed by atoms with van der Waals surface area (Å²) in [6.45, 7) is -0.189. The Morgan fingerprint density at radius 2 is 1.93 bits per heavy atom. The van der Waals surface area contributed by atoms with Crippen LogP contribution in [0.1, 0.15) is 24.3 Å². The van der Waals surface area contributed by atoms with Crippen LogP contribution in [-0.4, -0.2) is 41.2 Å². The number of carboxylic acid groups (broad SMARTS) is 1. The molecule has 0 radical (unpaired) electrons. The molecule has 10 heteroatoms. The number of hydrogen-bond acceptors (Lipinski definition) is 7. The standard InChI is InChI=1S/C19H20N4O5S/c24-18(25)9-12-21-29(26,27)16-5-2-4-15(13-16)19-22-17(28-23-19)6-1-3-14-7-10-20-11-8-14/h2,4-5,7-8,10-11,13,21H,1,3,6,9,12H2,(H,24,25). The van der Waals surface area contributed by atoms with E-state index in [9.17, 15) is 13.2 Å². The van der Waals surface area contributed by atoms with Crippen LogP contribution in [0.25, 0.3) is 11.4 Å². The molecule has 2 heterocycles. The first-order valence-corrected chi connectivity index (χ1v) is 10.5. The predicted octanol–water partition coefficient (Wildman–Crippen LogP) is 2.06. The summed E-state index contributed by atoms with van der Waals surface area (Å²) in [5.41, 5.74) is 1.67. The van der Waals surface area contributed by atoms with Crippen molar-refractivity contribution in [2.45, 2.75) is 30.6 Å². The van der Waals surface area contributed by atoms with Crippen LogP contribution in [0, 0.1) is 0 Å². The Kier molecular flexibility index (Phi) is 6.68. The minimum Gasteiger partial charge on any atom is -0.481 e. The molecule has 0 saturated carbocycles. The molecular weight excluding hydrogens is 396 g/mol. The zero-order valence-electron chi connectivity index (χ0n) is 15.5. The van der Waals surface area contributed by atoms with Crippen LogP contribution in [0.4, 0.5) is 0 Å². The molecule has 0 amide bonds. The lowest BCUT2D eigenvalue weighted by Gasteiger charge is -2.06. The molecule has 0 aliphatic heterocycles. The zero-order chi connectivity index (χ0) is 20.7. The number of aliphatic carboxylic acids is 1. The summed E-state index contributed by atoms with van der Waals surface area (Å²) in [5, 5.41) is 12.6. The molecule has 0 bridgehead atoms. The molecule has 29 heavy (non-hydrogen) atoms. The van der Waals surface area contributed by atoms with Gasteiger partial charge in [0.1, 0.15) is 0 Å². The quantitative estimate of drug-likeness (QED) is 0.513. The van der Waals surface area contributed by atoms with Crippen LogP contribution in [0.3, 0.4) is 0 Å². The molecule has 0 fully saturated rings. The lowest BCUT2D eigenvalue weighted by Crippen LogP contribution is -2.26. The van der Waals surface area contributed by atoms with Crippen molar-refractivity contribution in [3.05, 3.63) is 60.2 Å². The predicted molar refractivity (Wildman–Crippen MR) is 103 cm³/mol. The van der Waals surface area contributed by atoms with Crippen LogP contribution in [0.5, 0.6) is 0 Å². The van der Waals surface area contributed by atoms with Crippen molar-refractivity contribution in [2.24, 2.45) is 0 Å². The first kappa shape index (κ1) is 20.6. The highest BCUT2D eigenvalue weighted by Crippen LogP contribution is 2.20. The molecule has 3 rings (SSSR count). The molecule has 152 valence electrons. The SMILES string of the molecule is O=C(O)CCNS(=O)(=O)c1cccc(-c2noc(CCCc3ccncc3)n2)c1. The molecule has 0 spiro atoms. The second-order valence-electron chi connectivity index (χ2n) is 6.29. The summed E-state index contributed by atoms with van der Waals surface area (Å²) in [6, 6.07) is 10.0. The van der Waals surface area contributed by atoms with E-state index in [0.717, 1.165) is 12.8 Å². The Morgan fingerprint density at radius 3 is 2.69 bits per heavy atom. The van der Waals surface area contributed by atoms with Gasteiger partial charge in [0.15, 0.2) is 0 Å². The largest absolute Gasteiger partial charge is 0.481 e. The Labute approximate surface area is 167 Å². The van der Waals surface area contributed by atoms with Gasteiger partial charge in [0.25, 0.3) is 0 Å². The Bertz CT molecular complexity index is 1070. The summed E-state index contributed by atoms with van der Waals surface area (Å²) in [4.78, 5) is 18.9. The highest BCUT2D eigenvalue weighted by Gasteiger charge is 2.16. The minimum absolute atomic E-state index is 0.00410. The second-order valence-corrected chi connectivity index (χ2v) is 8.06. The second kappa shape index (κ2) is 9.39. The summed E-state index contributed by atoms with van der Waals surface area (Å²) in [6.07, 6.45) is 5.48. The topological polar surface area (TPSA) is 135 Å². The molecule has 2 aromatic heterocycles. The molecule has 0 saturated heterocycles. The van der Waals surface area contributed by atoms with Crippen LogP contribution < -0.4 is 4.72 Å². The van der Waals surface area contributed by atoms with Crippen LogP contribution in [0.15, 0.2) is 58.2 Å². The number of carbonyl (C=O) groups is 1. The van der Waals surface area contributed by atoms with Crippen molar-refractivity contribution in [1.82, 2.24) is 19.8 Å². The fraction of sp³-hybridized carbons (Fsp3) is 0.263. The maximum atomic E-state index is 12.3. The van der Waals surface area contributed by atoms with Gasteiger partial charge in [-0.1, -0.05) is 17.3 Å². The number of rotatable bonds is 10. The summed E-state index contributed by atoms with van der Waals surface area (Å²) >= 11 is 0. The zero-order valence-corrected chi connectivity index (χ0v) is 16.3. The third kappa shape index (κ3) is 5.93. The van der Waals surface area contributed by atoms with E-state index >= 15 is 0 Å². The van der Waals surface area contributed by atoms with E-state index in [-0.39, 0.29) is 17.9 Å². The smallest absolute Gasteiger partial charge is 0.304 e. The van der Waals surface area contributed by atoms with E-state index in [1.165, 1.54) is 17.7 Å². The van der Waals surface area contributed by atoms with Crippen molar-refractivity contribution in [3.8, 4) is 11.4 Å². The number of aryl methyl sites for hydroxylation is 2. The van der Waals surface area contributed by atoms with Gasteiger partial charge in [-0.3, -0.25) is 9.78 Å². The number of aromatic nitrogens is 3. The third-order valence-electron chi connectivity index (χ3n) is 4.11. The first-order chi connectivity index (χ1) is 13.9. The van der Waals surface area contributed by atoms with E-state index in [0.29, 0.717) is 23.7 Å². The number of carboxylic acids is 1. The average molecular weight is 416 g/mol. The van der Waals surface area contributed by atoms with Crippen molar-refractivity contribution in [1.29, 1.82) is 0 Å². The highest BCUT2D eigenvalue weighted by atomic mass is 32.2. The van der Waals surface area contributed by atoms with Gasteiger partial charge >= 0.3 is 5.97 Å². The fourth-order valence-electron chi connectivity index (χ4n) is 2.64. The molecule has 0 atom stereocenters. The minimum atomic E-state index is -3.83. The number of pyridine rings is 1. The van der Waals surface area contributed by atoms with Crippen molar-refractivity contribution in [2.75, 3.05) is 6.54 Å². The average Bonchev–Trinajstić information content (AvgIpc) is 3.17. The molecule has 0 aliphatic rings. The monoisotopic (exact) mass is 416 g/mol. The number of benzene rings is 1. The van der Waals surface area contributed by atoms with E-state index in [4.69, 9.17) is 9.63 Å². The van der Waals surface area contributed by atoms with Crippen molar-refractivity contribution >= 4 is 16.0 Å². The molecule has 1 aromatic carbocycles. The van der Waals surface area contributed by atoms with E-state index in [2.05, 4.69) is 19.8 Å². The molecular formula is C19H20N4O5S. The summed E-state index contributed by atoms with van der Waals surface area (Å²) in [7, 11) is -3.83. The van der Waals surface area contributed by atoms with Gasteiger partial charge < -0.3 is 9.63 Å². The Morgan fingerprint density at radius 1 is 1.14 bits per heavy atom. The Balaban J connectivity index is 1.64. The maximum Gasteiger partial charge on any atom is 0.304 e. The highest BCUT2D eigenvalue weighted by molar-refractivity contribution is 7.89. The Hall–Kier alpha value is -3.11. The third-order valence-corrected chi connectivity index (χ3v) is 5.57. The number of nitrogens with one attached hydrogen (secondary N) is 1. The van der Waals surface area contributed by atoms with Gasteiger partial charge in [-0.2, -0.15) is 4.98 Å². The summed E-state index contributed by atoms with van der Waals surface area (Å²) < 4.78 is 32.1. The van der Waals surface area contributed by atoms with Crippen LogP contribution >= 0.6 is 0 Å². The number of sulfonamides is 1. The molecule has 3 aromatic rings. The lowest BCUT2D eigenvalue weighted by atomic mass is 10.1. The number of nitrogens with zero attached hydrogens (tertiary/aromatic N) is 3. The van der Waals surface area contributed by atoms with Gasteiger partial charge in [-0.05, 0) is 42.7 Å². The fourth-order valence-corrected chi connectivity index (χ4v) is 3.72. The van der Waals surface area contributed by atoms with Crippen molar-refractivity contribution in [3.63, 3.8) is 0 Å². The normalized spacial score (nSPS) is 11.4. The van der Waals surface area contributed by atoms with E-state index in [1.54, 1.807) is 24.5 Å². The van der Waals surface area contributed by atoms with Gasteiger partial charge in [-0.15, -0.1) is 0 Å². The van der Waals surface area contributed by atoms with Gasteiger partial charge in [0, 0.05) is 30.9 Å². The lowest BCUT2D eigenvalue weighted by molar-refractivity contribution is -0.136. The maximum absolute atomic E-state index is 12.3. The molecule has 0 unspecified atom stereocenters. The van der Waals surface area contributed by atoms with Gasteiger partial charge in [0.05, 0.1) is 11.3 Å². The first-order valence-electron chi connectivity index (χ1n) is 8.97.